The standard InChI is InChI=1S/C45H43N/c1-43(2)39-30-37(33-22-12-8-13-23-33)38(31-40(39)44(3,4)45(43,5)6)36-27-17-19-29-42(36)46(34-24-14-9-15-25-34)41-28-18-16-26-35(41)32-20-10-7-11-21-32/h7-31H,1-6H3. The van der Waals surface area contributed by atoms with Crippen LogP contribution in [0.2, 0.25) is 0 Å². The van der Waals surface area contributed by atoms with Crippen LogP contribution in [0.3, 0.4) is 0 Å². The first-order valence-corrected chi connectivity index (χ1v) is 16.5. The van der Waals surface area contributed by atoms with E-state index in [4.69, 9.17) is 0 Å². The predicted molar refractivity (Wildman–Crippen MR) is 197 cm³/mol. The monoisotopic (exact) mass is 597 g/mol. The fourth-order valence-corrected chi connectivity index (χ4v) is 7.58. The second-order valence-corrected chi connectivity index (χ2v) is 14.3. The molecular formula is C45H43N. The van der Waals surface area contributed by atoms with Crippen LogP contribution in [0.25, 0.3) is 33.4 Å². The minimum absolute atomic E-state index is 0.0101. The molecule has 0 saturated heterocycles. The lowest BCUT2D eigenvalue weighted by Gasteiger charge is -2.44. The predicted octanol–water partition coefficient (Wildman–Crippen LogP) is 12.8. The fraction of sp³-hybridized carbons (Fsp3) is 0.200. The summed E-state index contributed by atoms with van der Waals surface area (Å²) in [4.78, 5) is 2.44. The van der Waals surface area contributed by atoms with E-state index in [9.17, 15) is 0 Å². The van der Waals surface area contributed by atoms with E-state index in [1.807, 2.05) is 0 Å². The van der Waals surface area contributed by atoms with Crippen LogP contribution >= 0.6 is 0 Å². The van der Waals surface area contributed by atoms with Crippen molar-refractivity contribution in [2.75, 3.05) is 4.90 Å². The van der Waals surface area contributed by atoms with Gasteiger partial charge in [0.1, 0.15) is 0 Å². The molecule has 6 aromatic carbocycles. The molecule has 0 aliphatic heterocycles. The molecule has 0 radical (unpaired) electrons. The summed E-state index contributed by atoms with van der Waals surface area (Å²) in [6, 6.07) is 55.2. The summed E-state index contributed by atoms with van der Waals surface area (Å²) in [5, 5.41) is 0. The van der Waals surface area contributed by atoms with Crippen LogP contribution in [-0.4, -0.2) is 0 Å². The van der Waals surface area contributed by atoms with Gasteiger partial charge in [-0.2, -0.15) is 0 Å². The SMILES string of the molecule is CC1(C)c2cc(-c3ccccc3)c(-c3ccccc3N(c3ccccc3)c3ccccc3-c3ccccc3)cc2C(C)(C)C1(C)C. The van der Waals surface area contributed by atoms with E-state index in [1.165, 1.54) is 44.5 Å². The number of anilines is 3. The Morgan fingerprint density at radius 2 is 0.761 bits per heavy atom. The Morgan fingerprint density at radius 1 is 0.370 bits per heavy atom. The molecule has 0 amide bonds. The van der Waals surface area contributed by atoms with Gasteiger partial charge in [0, 0.05) is 16.8 Å². The summed E-state index contributed by atoms with van der Waals surface area (Å²) in [5.74, 6) is 0. The molecule has 0 spiro atoms. The van der Waals surface area contributed by atoms with Crippen LogP contribution in [0, 0.1) is 5.41 Å². The maximum absolute atomic E-state index is 2.53. The van der Waals surface area contributed by atoms with Crippen molar-refractivity contribution in [3.05, 3.63) is 163 Å². The third-order valence-electron chi connectivity index (χ3n) is 11.4. The molecule has 228 valence electrons. The van der Waals surface area contributed by atoms with E-state index < -0.39 is 0 Å². The summed E-state index contributed by atoms with van der Waals surface area (Å²) in [5.41, 5.74) is 13.8. The summed E-state index contributed by atoms with van der Waals surface area (Å²) in [6.45, 7) is 14.6. The number of hydrogen-bond donors (Lipinski definition) is 0. The van der Waals surface area contributed by atoms with Gasteiger partial charge in [-0.3, -0.25) is 0 Å². The van der Waals surface area contributed by atoms with Crippen molar-refractivity contribution in [3.8, 4) is 33.4 Å². The van der Waals surface area contributed by atoms with Crippen molar-refractivity contribution in [1.82, 2.24) is 0 Å². The number of fused-ring (bicyclic) bond motifs is 1. The molecule has 7 rings (SSSR count). The van der Waals surface area contributed by atoms with Crippen LogP contribution in [0.15, 0.2) is 152 Å². The molecule has 1 aliphatic rings. The number of nitrogens with zero attached hydrogens (tertiary/aromatic N) is 1. The smallest absolute Gasteiger partial charge is 0.0540 e. The minimum Gasteiger partial charge on any atom is -0.309 e. The van der Waals surface area contributed by atoms with E-state index in [1.54, 1.807) is 0 Å². The zero-order chi connectivity index (χ0) is 32.1. The van der Waals surface area contributed by atoms with Gasteiger partial charge in [-0.05, 0) is 86.0 Å². The van der Waals surface area contributed by atoms with Crippen LogP contribution < -0.4 is 4.90 Å². The first-order valence-electron chi connectivity index (χ1n) is 16.5. The van der Waals surface area contributed by atoms with Gasteiger partial charge < -0.3 is 4.90 Å². The van der Waals surface area contributed by atoms with Crippen molar-refractivity contribution < 1.29 is 0 Å². The molecule has 1 nitrogen and oxygen atoms in total. The number of rotatable bonds is 6. The highest BCUT2D eigenvalue weighted by molar-refractivity contribution is 5.97. The summed E-state index contributed by atoms with van der Waals surface area (Å²) in [7, 11) is 0. The molecule has 1 aliphatic carbocycles. The van der Waals surface area contributed by atoms with Gasteiger partial charge in [0.25, 0.3) is 0 Å². The normalized spacial score (nSPS) is 15.7. The molecule has 0 heterocycles. The van der Waals surface area contributed by atoms with Gasteiger partial charge in [0.15, 0.2) is 0 Å². The Hall–Kier alpha value is -4.88. The Kier molecular flexibility index (Phi) is 7.24. The largest absolute Gasteiger partial charge is 0.309 e. The molecule has 46 heavy (non-hydrogen) atoms. The second kappa shape index (κ2) is 11.2. The van der Waals surface area contributed by atoms with Gasteiger partial charge >= 0.3 is 0 Å². The van der Waals surface area contributed by atoms with Crippen LogP contribution in [-0.2, 0) is 10.8 Å². The molecular weight excluding hydrogens is 555 g/mol. The van der Waals surface area contributed by atoms with E-state index in [2.05, 4.69) is 198 Å². The molecule has 0 atom stereocenters. The molecule has 0 aromatic heterocycles. The Morgan fingerprint density at radius 3 is 1.30 bits per heavy atom. The number of para-hydroxylation sites is 3. The summed E-state index contributed by atoms with van der Waals surface area (Å²) < 4.78 is 0. The van der Waals surface area contributed by atoms with E-state index in [-0.39, 0.29) is 16.2 Å². The molecule has 0 fully saturated rings. The average Bonchev–Trinajstić information content (AvgIpc) is 3.19. The zero-order valence-electron chi connectivity index (χ0n) is 27.9. The highest BCUT2D eigenvalue weighted by atomic mass is 15.1. The molecule has 0 unspecified atom stereocenters. The van der Waals surface area contributed by atoms with Crippen molar-refractivity contribution in [3.63, 3.8) is 0 Å². The highest BCUT2D eigenvalue weighted by Gasteiger charge is 2.57. The quantitative estimate of drug-likeness (QED) is 0.185. The first-order chi connectivity index (χ1) is 22.1. The number of hydrogen-bond acceptors (Lipinski definition) is 1. The van der Waals surface area contributed by atoms with Gasteiger partial charge in [-0.15, -0.1) is 0 Å². The van der Waals surface area contributed by atoms with Crippen molar-refractivity contribution in [1.29, 1.82) is 0 Å². The minimum atomic E-state index is -0.0101. The van der Waals surface area contributed by atoms with Crippen molar-refractivity contribution in [2.45, 2.75) is 52.4 Å². The van der Waals surface area contributed by atoms with Crippen LogP contribution in [0.1, 0.15) is 52.7 Å². The topological polar surface area (TPSA) is 3.24 Å². The lowest BCUT2D eigenvalue weighted by molar-refractivity contribution is 0.125. The second-order valence-electron chi connectivity index (χ2n) is 14.3. The number of benzene rings is 6. The Labute approximate surface area is 275 Å². The summed E-state index contributed by atoms with van der Waals surface area (Å²) in [6.07, 6.45) is 0. The highest BCUT2D eigenvalue weighted by Crippen LogP contribution is 2.63. The van der Waals surface area contributed by atoms with Crippen LogP contribution in [0.4, 0.5) is 17.1 Å². The Bertz CT molecular complexity index is 2000. The van der Waals surface area contributed by atoms with E-state index in [0.717, 1.165) is 17.1 Å². The van der Waals surface area contributed by atoms with Crippen LogP contribution in [0.5, 0.6) is 0 Å². The third kappa shape index (κ3) is 4.60. The van der Waals surface area contributed by atoms with Gasteiger partial charge in [0.2, 0.25) is 0 Å². The third-order valence-corrected chi connectivity index (χ3v) is 11.4. The lowest BCUT2D eigenvalue weighted by Crippen LogP contribution is -2.42. The average molecular weight is 598 g/mol. The Balaban J connectivity index is 1.54. The van der Waals surface area contributed by atoms with E-state index in [0.29, 0.717) is 0 Å². The maximum Gasteiger partial charge on any atom is 0.0540 e. The maximum atomic E-state index is 2.53. The zero-order valence-corrected chi connectivity index (χ0v) is 27.9. The van der Waals surface area contributed by atoms with Gasteiger partial charge in [-0.25, -0.2) is 0 Å². The van der Waals surface area contributed by atoms with Crippen molar-refractivity contribution in [2.24, 2.45) is 5.41 Å². The molecule has 6 aromatic rings. The van der Waals surface area contributed by atoms with Gasteiger partial charge in [0.05, 0.1) is 11.4 Å². The molecule has 0 bridgehead atoms. The van der Waals surface area contributed by atoms with Gasteiger partial charge in [-0.1, -0.05) is 157 Å². The van der Waals surface area contributed by atoms with E-state index >= 15 is 0 Å². The molecule has 1 heteroatoms. The molecule has 0 saturated carbocycles. The van der Waals surface area contributed by atoms with Crippen molar-refractivity contribution >= 4 is 17.1 Å². The molecule has 0 N–H and O–H groups in total. The lowest BCUT2D eigenvalue weighted by atomic mass is 9.59. The first kappa shape index (κ1) is 29.8. The fourth-order valence-electron chi connectivity index (χ4n) is 7.58. The summed E-state index contributed by atoms with van der Waals surface area (Å²) >= 11 is 0.